The predicted molar refractivity (Wildman–Crippen MR) is 61.5 cm³/mol. The van der Waals surface area contributed by atoms with Gasteiger partial charge in [-0.05, 0) is 45.4 Å². The van der Waals surface area contributed by atoms with Gasteiger partial charge in [0.2, 0.25) is 0 Å². The zero-order chi connectivity index (χ0) is 11.5. The van der Waals surface area contributed by atoms with Crippen LogP contribution in [0.25, 0.3) is 0 Å². The Kier molecular flexibility index (Phi) is 4.18. The van der Waals surface area contributed by atoms with Gasteiger partial charge in [-0.3, -0.25) is 4.79 Å². The Morgan fingerprint density at radius 3 is 2.27 bits per heavy atom. The molecule has 1 aliphatic rings. The molecule has 0 bridgehead atoms. The second-order valence-corrected chi connectivity index (χ2v) is 5.40. The van der Waals surface area contributed by atoms with Gasteiger partial charge in [0.1, 0.15) is 0 Å². The Hall–Kier alpha value is -0.530. The van der Waals surface area contributed by atoms with Crippen LogP contribution < -0.4 is 0 Å². The Morgan fingerprint density at radius 1 is 1.27 bits per heavy atom. The summed E-state index contributed by atoms with van der Waals surface area (Å²) in [6.45, 7) is 8.73. The van der Waals surface area contributed by atoms with Crippen LogP contribution in [0.15, 0.2) is 0 Å². The summed E-state index contributed by atoms with van der Waals surface area (Å²) in [6.07, 6.45) is 4.86. The van der Waals surface area contributed by atoms with E-state index in [1.54, 1.807) is 0 Å². The molecule has 0 atom stereocenters. The summed E-state index contributed by atoms with van der Waals surface area (Å²) in [4.78, 5) is 11.8. The van der Waals surface area contributed by atoms with E-state index in [0.29, 0.717) is 12.5 Å². The first-order chi connectivity index (χ1) is 6.98. The van der Waals surface area contributed by atoms with Crippen molar-refractivity contribution in [1.29, 1.82) is 0 Å². The first-order valence-electron chi connectivity index (χ1n) is 6.15. The van der Waals surface area contributed by atoms with Crippen molar-refractivity contribution in [2.24, 2.45) is 17.3 Å². The molecule has 0 unspecified atom stereocenters. The molecular weight excluding hydrogens is 188 g/mol. The molecule has 15 heavy (non-hydrogen) atoms. The number of carbonyl (C=O) groups is 1. The first-order valence-corrected chi connectivity index (χ1v) is 6.15. The molecule has 0 aromatic rings. The molecule has 1 rings (SSSR count). The van der Waals surface area contributed by atoms with Gasteiger partial charge >= 0.3 is 5.97 Å². The lowest BCUT2D eigenvalue weighted by atomic mass is 9.69. The first kappa shape index (κ1) is 12.5. The molecule has 0 aromatic heterocycles. The number of ether oxygens (including phenoxy) is 1. The highest BCUT2D eigenvalue weighted by Crippen LogP contribution is 2.40. The molecule has 1 fully saturated rings. The van der Waals surface area contributed by atoms with Crippen molar-refractivity contribution in [3.8, 4) is 0 Å². The van der Waals surface area contributed by atoms with Crippen LogP contribution in [0.3, 0.4) is 0 Å². The van der Waals surface area contributed by atoms with Crippen molar-refractivity contribution in [2.75, 3.05) is 6.61 Å². The number of esters is 1. The highest BCUT2D eigenvalue weighted by atomic mass is 16.5. The zero-order valence-corrected chi connectivity index (χ0v) is 10.5. The molecule has 0 radical (unpaired) electrons. The predicted octanol–water partition coefficient (Wildman–Crippen LogP) is 3.40. The van der Waals surface area contributed by atoms with Crippen molar-refractivity contribution < 1.29 is 9.53 Å². The van der Waals surface area contributed by atoms with Crippen LogP contribution in [-0.2, 0) is 9.53 Å². The van der Waals surface area contributed by atoms with Gasteiger partial charge in [-0.25, -0.2) is 0 Å². The number of rotatable bonds is 3. The summed E-state index contributed by atoms with van der Waals surface area (Å²) in [5.74, 6) is 1.32. The molecule has 88 valence electrons. The van der Waals surface area contributed by atoms with E-state index in [-0.39, 0.29) is 11.4 Å². The molecule has 0 spiro atoms. The monoisotopic (exact) mass is 212 g/mol. The van der Waals surface area contributed by atoms with E-state index >= 15 is 0 Å². The highest BCUT2D eigenvalue weighted by molar-refractivity contribution is 5.76. The minimum atomic E-state index is -0.295. The van der Waals surface area contributed by atoms with Gasteiger partial charge < -0.3 is 4.74 Å². The largest absolute Gasteiger partial charge is 0.466 e. The van der Waals surface area contributed by atoms with Crippen LogP contribution in [0.1, 0.15) is 53.4 Å². The van der Waals surface area contributed by atoms with Gasteiger partial charge in [-0.2, -0.15) is 0 Å². The molecule has 0 aromatic carbocycles. The van der Waals surface area contributed by atoms with E-state index in [9.17, 15) is 4.79 Å². The molecule has 0 heterocycles. The molecule has 1 saturated carbocycles. The third-order valence-electron chi connectivity index (χ3n) is 3.84. The second-order valence-electron chi connectivity index (χ2n) is 5.40. The number of carbonyl (C=O) groups excluding carboxylic acids is 1. The maximum absolute atomic E-state index is 11.8. The van der Waals surface area contributed by atoms with Crippen molar-refractivity contribution in [3.63, 3.8) is 0 Å². The van der Waals surface area contributed by atoms with Gasteiger partial charge in [0, 0.05) is 0 Å². The fourth-order valence-electron chi connectivity index (χ4n) is 2.47. The summed E-state index contributed by atoms with van der Waals surface area (Å²) in [5.41, 5.74) is -0.295. The Labute approximate surface area is 93.4 Å². The van der Waals surface area contributed by atoms with Gasteiger partial charge in [-0.1, -0.05) is 19.8 Å². The maximum atomic E-state index is 11.8. The van der Waals surface area contributed by atoms with Gasteiger partial charge in [0.05, 0.1) is 12.0 Å². The molecular formula is C13H24O2. The van der Waals surface area contributed by atoms with E-state index in [1.807, 2.05) is 20.8 Å². The average Bonchev–Trinajstić information content (AvgIpc) is 2.18. The average molecular weight is 212 g/mol. The van der Waals surface area contributed by atoms with Crippen LogP contribution in [0.4, 0.5) is 0 Å². The van der Waals surface area contributed by atoms with E-state index in [1.165, 1.54) is 25.7 Å². The fraction of sp³-hybridized carbons (Fsp3) is 0.923. The Morgan fingerprint density at radius 2 is 1.80 bits per heavy atom. The third-order valence-corrected chi connectivity index (χ3v) is 3.84. The third kappa shape index (κ3) is 2.96. The van der Waals surface area contributed by atoms with Crippen LogP contribution in [0.2, 0.25) is 0 Å². The van der Waals surface area contributed by atoms with Gasteiger partial charge in [0.25, 0.3) is 0 Å². The van der Waals surface area contributed by atoms with Crippen LogP contribution in [-0.4, -0.2) is 12.6 Å². The molecule has 2 nitrogen and oxygen atoms in total. The van der Waals surface area contributed by atoms with E-state index in [2.05, 4.69) is 6.92 Å². The van der Waals surface area contributed by atoms with Gasteiger partial charge in [-0.15, -0.1) is 0 Å². The van der Waals surface area contributed by atoms with Crippen LogP contribution in [0.5, 0.6) is 0 Å². The summed E-state index contributed by atoms with van der Waals surface area (Å²) in [5, 5.41) is 0. The molecule has 1 aliphatic carbocycles. The topological polar surface area (TPSA) is 26.3 Å². The molecule has 0 amide bonds. The normalized spacial score (nSPS) is 27.5. The van der Waals surface area contributed by atoms with E-state index in [4.69, 9.17) is 4.74 Å². The lowest BCUT2D eigenvalue weighted by Gasteiger charge is -2.36. The molecule has 0 N–H and O–H groups in total. The summed E-state index contributed by atoms with van der Waals surface area (Å²) in [7, 11) is 0. The van der Waals surface area contributed by atoms with Crippen molar-refractivity contribution in [1.82, 2.24) is 0 Å². The minimum absolute atomic E-state index is 0.0236. The van der Waals surface area contributed by atoms with E-state index < -0.39 is 0 Å². The lowest BCUT2D eigenvalue weighted by Crippen LogP contribution is -2.36. The fourth-order valence-corrected chi connectivity index (χ4v) is 2.47. The van der Waals surface area contributed by atoms with E-state index in [0.717, 1.165) is 5.92 Å². The minimum Gasteiger partial charge on any atom is -0.466 e. The summed E-state index contributed by atoms with van der Waals surface area (Å²) >= 11 is 0. The second kappa shape index (κ2) is 5.00. The highest BCUT2D eigenvalue weighted by Gasteiger charge is 2.39. The number of hydrogen-bond acceptors (Lipinski definition) is 2. The maximum Gasteiger partial charge on any atom is 0.311 e. The SMILES string of the molecule is CCOC(=O)C(C)(C)C1CCC(C)CC1. The smallest absolute Gasteiger partial charge is 0.311 e. The molecule has 0 saturated heterocycles. The molecule has 2 heteroatoms. The summed E-state index contributed by atoms with van der Waals surface area (Å²) in [6, 6.07) is 0. The van der Waals surface area contributed by atoms with Gasteiger partial charge in [0.15, 0.2) is 0 Å². The Balaban J connectivity index is 2.56. The molecule has 0 aliphatic heterocycles. The van der Waals surface area contributed by atoms with Crippen molar-refractivity contribution in [2.45, 2.75) is 53.4 Å². The van der Waals surface area contributed by atoms with Crippen molar-refractivity contribution in [3.05, 3.63) is 0 Å². The summed E-state index contributed by atoms with van der Waals surface area (Å²) < 4.78 is 5.15. The lowest BCUT2D eigenvalue weighted by molar-refractivity contribution is -0.157. The van der Waals surface area contributed by atoms with Crippen LogP contribution >= 0.6 is 0 Å². The van der Waals surface area contributed by atoms with Crippen molar-refractivity contribution >= 4 is 5.97 Å². The quantitative estimate of drug-likeness (QED) is 0.670. The Bertz CT molecular complexity index is 213. The standard InChI is InChI=1S/C13H24O2/c1-5-15-12(14)13(3,4)11-8-6-10(2)7-9-11/h10-11H,5-9H2,1-4H3. The van der Waals surface area contributed by atoms with Crippen LogP contribution in [0, 0.1) is 17.3 Å². The number of hydrogen-bond donors (Lipinski definition) is 0. The zero-order valence-electron chi connectivity index (χ0n) is 10.5.